The molecule has 2 aromatic carbocycles. The average molecular weight is 352 g/mol. The number of ether oxygens (including phenoxy) is 2. The van der Waals surface area contributed by atoms with Crippen LogP contribution in [-0.4, -0.2) is 49.3 Å². The van der Waals surface area contributed by atoms with Gasteiger partial charge in [-0.15, -0.1) is 0 Å². The van der Waals surface area contributed by atoms with Crippen molar-refractivity contribution in [1.82, 2.24) is 10.0 Å². The van der Waals surface area contributed by atoms with Crippen LogP contribution in [0.5, 0.6) is 5.75 Å². The van der Waals surface area contributed by atoms with E-state index in [1.165, 1.54) is 0 Å². The number of carbonyl (C=O) groups is 1. The molecule has 1 amide bonds. The van der Waals surface area contributed by atoms with Crippen molar-refractivity contribution in [1.29, 1.82) is 0 Å². The summed E-state index contributed by atoms with van der Waals surface area (Å²) in [5.74, 6) is 0.828. The van der Waals surface area contributed by atoms with Crippen LogP contribution in [0.1, 0.15) is 40.4 Å². The molecule has 2 aliphatic heterocycles. The van der Waals surface area contributed by atoms with Crippen LogP contribution in [0, 0.1) is 0 Å². The van der Waals surface area contributed by atoms with Crippen molar-refractivity contribution < 1.29 is 14.3 Å². The van der Waals surface area contributed by atoms with E-state index in [2.05, 4.69) is 17.1 Å². The summed E-state index contributed by atoms with van der Waals surface area (Å²) in [5.41, 5.74) is 2.86. The maximum Gasteiger partial charge on any atom is 0.269 e. The molecule has 4 rings (SSSR count). The zero-order chi connectivity index (χ0) is 18.1. The smallest absolute Gasteiger partial charge is 0.269 e. The number of amides is 1. The van der Waals surface area contributed by atoms with Crippen molar-refractivity contribution >= 4 is 5.91 Å². The fourth-order valence-corrected chi connectivity index (χ4v) is 4.15. The second-order valence-electron chi connectivity index (χ2n) is 6.83. The molecule has 5 heteroatoms. The Labute approximate surface area is 154 Å². The monoisotopic (exact) mass is 352 g/mol. The van der Waals surface area contributed by atoms with Crippen LogP contribution in [0.3, 0.4) is 0 Å². The molecule has 26 heavy (non-hydrogen) atoms. The second-order valence-corrected chi connectivity index (χ2v) is 6.83. The highest BCUT2D eigenvalue weighted by molar-refractivity contribution is 5.99. The lowest BCUT2D eigenvalue weighted by Crippen LogP contribution is -2.49. The van der Waals surface area contributed by atoms with Crippen molar-refractivity contribution in [3.8, 4) is 5.75 Å². The minimum absolute atomic E-state index is 0.0551. The van der Waals surface area contributed by atoms with E-state index in [0.717, 1.165) is 41.8 Å². The van der Waals surface area contributed by atoms with Gasteiger partial charge in [0.05, 0.1) is 25.8 Å². The highest BCUT2D eigenvalue weighted by Crippen LogP contribution is 2.42. The number of benzene rings is 2. The zero-order valence-corrected chi connectivity index (χ0v) is 15.2. The van der Waals surface area contributed by atoms with Crippen LogP contribution >= 0.6 is 0 Å². The summed E-state index contributed by atoms with van der Waals surface area (Å²) >= 11 is 0. The summed E-state index contributed by atoms with van der Waals surface area (Å²) in [4.78, 5) is 13.3. The molecule has 2 atom stereocenters. The summed E-state index contributed by atoms with van der Waals surface area (Å²) in [6, 6.07) is 16.0. The number of hydrogen-bond donors (Lipinski definition) is 0. The Bertz CT molecular complexity index is 793. The van der Waals surface area contributed by atoms with Crippen molar-refractivity contribution in [2.24, 2.45) is 0 Å². The summed E-state index contributed by atoms with van der Waals surface area (Å²) in [6.45, 7) is 1.50. The molecule has 0 spiro atoms. The van der Waals surface area contributed by atoms with Crippen molar-refractivity contribution in [3.63, 3.8) is 0 Å². The minimum atomic E-state index is -0.133. The van der Waals surface area contributed by atoms with Gasteiger partial charge in [0.15, 0.2) is 0 Å². The molecule has 2 heterocycles. The first kappa shape index (κ1) is 17.1. The van der Waals surface area contributed by atoms with Crippen LogP contribution in [0.15, 0.2) is 48.5 Å². The lowest BCUT2D eigenvalue weighted by Gasteiger charge is -2.37. The lowest BCUT2D eigenvalue weighted by atomic mass is 9.98. The van der Waals surface area contributed by atoms with Gasteiger partial charge in [-0.25, -0.2) is 5.01 Å². The van der Waals surface area contributed by atoms with Gasteiger partial charge >= 0.3 is 0 Å². The highest BCUT2D eigenvalue weighted by Gasteiger charge is 2.44. The first-order valence-corrected chi connectivity index (χ1v) is 9.06. The van der Waals surface area contributed by atoms with Crippen molar-refractivity contribution in [2.45, 2.75) is 24.9 Å². The molecule has 0 aromatic heterocycles. The summed E-state index contributed by atoms with van der Waals surface area (Å²) in [7, 11) is 3.37. The number of rotatable bonds is 5. The van der Waals surface area contributed by atoms with Gasteiger partial charge in [-0.05, 0) is 42.2 Å². The van der Waals surface area contributed by atoms with Gasteiger partial charge in [0.2, 0.25) is 0 Å². The Hall–Kier alpha value is -2.37. The van der Waals surface area contributed by atoms with Gasteiger partial charge in [-0.3, -0.25) is 9.80 Å². The van der Waals surface area contributed by atoms with E-state index in [1.54, 1.807) is 14.2 Å². The summed E-state index contributed by atoms with van der Waals surface area (Å²) in [5, 5.41) is 4.14. The number of carbonyl (C=O) groups excluding carboxylic acids is 1. The molecule has 5 nitrogen and oxygen atoms in total. The van der Waals surface area contributed by atoms with Crippen LogP contribution in [0.4, 0.5) is 0 Å². The predicted octanol–water partition coefficient (Wildman–Crippen LogP) is 3.27. The maximum absolute atomic E-state index is 13.3. The number of nitrogens with zero attached hydrogens (tertiary/aromatic N) is 2. The van der Waals surface area contributed by atoms with E-state index in [9.17, 15) is 4.79 Å². The molecule has 0 saturated carbocycles. The van der Waals surface area contributed by atoms with Crippen molar-refractivity contribution in [2.75, 3.05) is 27.4 Å². The van der Waals surface area contributed by atoms with Gasteiger partial charge in [-0.1, -0.05) is 30.3 Å². The number of methoxy groups -OCH3 is 2. The van der Waals surface area contributed by atoms with E-state index in [1.807, 2.05) is 41.4 Å². The fourth-order valence-electron chi connectivity index (χ4n) is 4.15. The molecule has 0 N–H and O–H groups in total. The van der Waals surface area contributed by atoms with Crippen LogP contribution in [-0.2, 0) is 4.74 Å². The molecule has 0 bridgehead atoms. The molecule has 0 unspecified atom stereocenters. The number of hydrazine groups is 1. The van der Waals surface area contributed by atoms with Gasteiger partial charge in [0, 0.05) is 19.2 Å². The third kappa shape index (κ3) is 2.77. The fraction of sp³-hybridized carbons (Fsp3) is 0.381. The molecule has 1 fully saturated rings. The number of fused-ring (bicyclic) bond motifs is 1. The quantitative estimate of drug-likeness (QED) is 0.828. The predicted molar refractivity (Wildman–Crippen MR) is 99.1 cm³/mol. The first-order chi connectivity index (χ1) is 12.7. The topological polar surface area (TPSA) is 42.0 Å². The average Bonchev–Trinajstić information content (AvgIpc) is 3.24. The molecule has 0 aliphatic carbocycles. The van der Waals surface area contributed by atoms with E-state index in [4.69, 9.17) is 9.47 Å². The van der Waals surface area contributed by atoms with Gasteiger partial charge in [0.1, 0.15) is 5.75 Å². The van der Waals surface area contributed by atoms with Gasteiger partial charge in [0.25, 0.3) is 5.91 Å². The Morgan fingerprint density at radius 2 is 1.92 bits per heavy atom. The van der Waals surface area contributed by atoms with Crippen LogP contribution in [0.2, 0.25) is 0 Å². The number of hydrogen-bond acceptors (Lipinski definition) is 4. The summed E-state index contributed by atoms with van der Waals surface area (Å²) < 4.78 is 10.8. The third-order valence-electron chi connectivity index (χ3n) is 5.33. The standard InChI is InChI=1S/C21H24N2O3/c1-25-14-16-9-6-12-22(16)23-20(15-7-4-3-5-8-15)19-13-17(26-2)10-11-18(19)21(23)24/h3-5,7-8,10-11,13,16,20H,6,9,12,14H2,1-2H3/t16-,20-/m1/s1. The van der Waals surface area contributed by atoms with E-state index >= 15 is 0 Å². The molecule has 2 aliphatic rings. The molecule has 136 valence electrons. The Morgan fingerprint density at radius 1 is 1.12 bits per heavy atom. The molecule has 2 aromatic rings. The van der Waals surface area contributed by atoms with E-state index < -0.39 is 0 Å². The Balaban J connectivity index is 1.81. The molecular formula is C21H24N2O3. The largest absolute Gasteiger partial charge is 0.497 e. The van der Waals surface area contributed by atoms with Crippen LogP contribution < -0.4 is 4.74 Å². The van der Waals surface area contributed by atoms with Gasteiger partial charge < -0.3 is 9.47 Å². The summed E-state index contributed by atoms with van der Waals surface area (Å²) in [6.07, 6.45) is 2.11. The second kappa shape index (κ2) is 7.09. The van der Waals surface area contributed by atoms with Gasteiger partial charge in [-0.2, -0.15) is 0 Å². The molecule has 1 saturated heterocycles. The third-order valence-corrected chi connectivity index (χ3v) is 5.33. The first-order valence-electron chi connectivity index (χ1n) is 9.06. The normalized spacial score (nSPS) is 22.7. The SMILES string of the molecule is COC[C@H]1CCCN1N1C(=O)c2ccc(OC)cc2[C@H]1c1ccccc1. The zero-order valence-electron chi connectivity index (χ0n) is 15.2. The van der Waals surface area contributed by atoms with Crippen molar-refractivity contribution in [3.05, 3.63) is 65.2 Å². The molecular weight excluding hydrogens is 328 g/mol. The highest BCUT2D eigenvalue weighted by atomic mass is 16.5. The Morgan fingerprint density at radius 3 is 2.65 bits per heavy atom. The Kier molecular flexibility index (Phi) is 4.66. The molecule has 0 radical (unpaired) electrons. The maximum atomic E-state index is 13.3. The van der Waals surface area contributed by atoms with Crippen LogP contribution in [0.25, 0.3) is 0 Å². The van der Waals surface area contributed by atoms with E-state index in [0.29, 0.717) is 6.61 Å². The lowest BCUT2D eigenvalue weighted by molar-refractivity contribution is -0.0466. The van der Waals surface area contributed by atoms with E-state index in [-0.39, 0.29) is 18.0 Å². The minimum Gasteiger partial charge on any atom is -0.497 e.